The number of alkyl halides is 3. The van der Waals surface area contributed by atoms with Gasteiger partial charge in [0.05, 0.1) is 12.7 Å². The van der Waals surface area contributed by atoms with E-state index in [-0.39, 0.29) is 12.4 Å². The zero-order valence-corrected chi connectivity index (χ0v) is 8.39. The first-order chi connectivity index (χ1) is 7.37. The number of nitrogens with zero attached hydrogens (tertiary/aromatic N) is 1. The van der Waals surface area contributed by atoms with Gasteiger partial charge in [-0.1, -0.05) is 0 Å². The number of oxazole rings is 1. The molecule has 1 aromatic heterocycles. The first-order valence-electron chi connectivity index (χ1n) is 4.36. The summed E-state index contributed by atoms with van der Waals surface area (Å²) in [5, 5.41) is 3.83. The highest BCUT2D eigenvalue weighted by Crippen LogP contribution is 2.11. The normalized spacial score (nSPS) is 11.2. The largest absolute Gasteiger partial charge is 0.444 e. The van der Waals surface area contributed by atoms with Crippen molar-refractivity contribution in [2.75, 3.05) is 6.54 Å². The summed E-state index contributed by atoms with van der Waals surface area (Å²) >= 11 is 0. The molecular formula is C8H10F3N3O2. The van der Waals surface area contributed by atoms with Gasteiger partial charge in [-0.25, -0.2) is 9.78 Å². The molecule has 0 aliphatic heterocycles. The number of hydrogen-bond donors (Lipinski definition) is 2. The molecule has 0 fully saturated rings. The molecule has 0 spiro atoms. The number of halogens is 3. The first kappa shape index (κ1) is 12.3. The third-order valence-electron chi connectivity index (χ3n) is 1.52. The monoisotopic (exact) mass is 237 g/mol. The van der Waals surface area contributed by atoms with Crippen molar-refractivity contribution in [3.05, 3.63) is 17.8 Å². The van der Waals surface area contributed by atoms with Gasteiger partial charge in [-0.05, 0) is 6.92 Å². The second kappa shape index (κ2) is 4.86. The Morgan fingerprint density at radius 2 is 2.19 bits per heavy atom. The second-order valence-corrected chi connectivity index (χ2v) is 3.02. The summed E-state index contributed by atoms with van der Waals surface area (Å²) in [6, 6.07) is -0.923. The topological polar surface area (TPSA) is 67.2 Å². The maximum absolute atomic E-state index is 11.7. The van der Waals surface area contributed by atoms with E-state index >= 15 is 0 Å². The summed E-state index contributed by atoms with van der Waals surface area (Å²) in [5.41, 5.74) is 0. The van der Waals surface area contributed by atoms with Crippen LogP contribution in [0, 0.1) is 6.92 Å². The highest BCUT2D eigenvalue weighted by atomic mass is 19.4. The van der Waals surface area contributed by atoms with Crippen LogP contribution < -0.4 is 10.6 Å². The van der Waals surface area contributed by atoms with Gasteiger partial charge in [0, 0.05) is 0 Å². The standard InChI is InChI=1S/C8H10F3N3O2/c1-5-2-12-6(16-5)3-13-7(15)14-4-8(9,10)11/h2H,3-4H2,1H3,(H2,13,14,15). The third kappa shape index (κ3) is 4.67. The lowest BCUT2D eigenvalue weighted by atomic mass is 10.6. The number of urea groups is 1. The minimum atomic E-state index is -4.42. The Morgan fingerprint density at radius 3 is 2.69 bits per heavy atom. The summed E-state index contributed by atoms with van der Waals surface area (Å²) < 4.78 is 40.1. The number of amides is 2. The lowest BCUT2D eigenvalue weighted by Gasteiger charge is -2.08. The van der Waals surface area contributed by atoms with Gasteiger partial charge < -0.3 is 15.1 Å². The Balaban J connectivity index is 2.25. The first-order valence-corrected chi connectivity index (χ1v) is 4.36. The van der Waals surface area contributed by atoms with Gasteiger partial charge >= 0.3 is 12.2 Å². The van der Waals surface area contributed by atoms with Crippen LogP contribution in [0.3, 0.4) is 0 Å². The lowest BCUT2D eigenvalue weighted by molar-refractivity contribution is -0.122. The zero-order chi connectivity index (χ0) is 12.2. The van der Waals surface area contributed by atoms with E-state index in [1.54, 1.807) is 12.2 Å². The van der Waals surface area contributed by atoms with Gasteiger partial charge in [-0.15, -0.1) is 0 Å². The summed E-state index contributed by atoms with van der Waals surface area (Å²) in [7, 11) is 0. The van der Waals surface area contributed by atoms with Gasteiger partial charge in [0.2, 0.25) is 5.89 Å². The van der Waals surface area contributed by atoms with Crippen molar-refractivity contribution in [2.24, 2.45) is 0 Å². The molecule has 1 aromatic rings. The van der Waals surface area contributed by atoms with Crippen molar-refractivity contribution in [3.8, 4) is 0 Å². The summed E-state index contributed by atoms with van der Waals surface area (Å²) in [6.07, 6.45) is -2.97. The molecule has 0 bridgehead atoms. The quantitative estimate of drug-likeness (QED) is 0.833. The van der Waals surface area contributed by atoms with Crippen molar-refractivity contribution in [1.29, 1.82) is 0 Å². The Kier molecular flexibility index (Phi) is 3.75. The third-order valence-corrected chi connectivity index (χ3v) is 1.52. The summed E-state index contributed by atoms with van der Waals surface area (Å²) in [6.45, 7) is 0.237. The van der Waals surface area contributed by atoms with Gasteiger partial charge in [0.1, 0.15) is 12.3 Å². The van der Waals surface area contributed by atoms with Gasteiger partial charge in [-0.3, -0.25) is 0 Å². The van der Waals surface area contributed by atoms with Crippen molar-refractivity contribution < 1.29 is 22.4 Å². The highest BCUT2D eigenvalue weighted by molar-refractivity contribution is 5.73. The molecule has 0 atom stereocenters. The van der Waals surface area contributed by atoms with Gasteiger partial charge in [0.15, 0.2) is 0 Å². The molecule has 0 radical (unpaired) electrons. The Morgan fingerprint density at radius 1 is 1.50 bits per heavy atom. The van der Waals surface area contributed by atoms with Crippen molar-refractivity contribution in [1.82, 2.24) is 15.6 Å². The van der Waals surface area contributed by atoms with E-state index in [1.165, 1.54) is 6.20 Å². The van der Waals surface area contributed by atoms with E-state index in [1.807, 2.05) is 0 Å². The fraction of sp³-hybridized carbons (Fsp3) is 0.500. The molecule has 0 saturated heterocycles. The zero-order valence-electron chi connectivity index (χ0n) is 8.39. The second-order valence-electron chi connectivity index (χ2n) is 3.02. The molecule has 8 heteroatoms. The van der Waals surface area contributed by atoms with Crippen molar-refractivity contribution in [2.45, 2.75) is 19.6 Å². The summed E-state index contributed by atoms with van der Waals surface area (Å²) in [4.78, 5) is 14.6. The van der Waals surface area contributed by atoms with Crippen LogP contribution in [-0.4, -0.2) is 23.7 Å². The molecule has 0 saturated carbocycles. The van der Waals surface area contributed by atoms with Crippen LogP contribution in [0.5, 0.6) is 0 Å². The SMILES string of the molecule is Cc1cnc(CNC(=O)NCC(F)(F)F)o1. The molecule has 1 rings (SSSR count). The predicted molar refractivity (Wildman–Crippen MR) is 47.5 cm³/mol. The molecule has 0 aliphatic rings. The molecule has 90 valence electrons. The number of aryl methyl sites for hydroxylation is 1. The van der Waals surface area contributed by atoms with Crippen molar-refractivity contribution in [3.63, 3.8) is 0 Å². The fourth-order valence-electron chi connectivity index (χ4n) is 0.882. The minimum absolute atomic E-state index is 0.0580. The number of rotatable bonds is 3. The molecule has 1 heterocycles. The number of aromatic nitrogens is 1. The molecule has 0 aliphatic carbocycles. The molecule has 2 N–H and O–H groups in total. The van der Waals surface area contributed by atoms with Gasteiger partial charge in [-0.2, -0.15) is 13.2 Å². The average Bonchev–Trinajstić information content (AvgIpc) is 2.57. The van der Waals surface area contributed by atoms with Crippen LogP contribution in [0.15, 0.2) is 10.6 Å². The number of nitrogens with one attached hydrogen (secondary N) is 2. The summed E-state index contributed by atoms with van der Waals surface area (Å²) in [5.74, 6) is 0.798. The van der Waals surface area contributed by atoms with Crippen LogP contribution in [-0.2, 0) is 6.54 Å². The fourth-order valence-corrected chi connectivity index (χ4v) is 0.882. The highest BCUT2D eigenvalue weighted by Gasteiger charge is 2.27. The molecule has 0 aromatic carbocycles. The molecule has 5 nitrogen and oxygen atoms in total. The van der Waals surface area contributed by atoms with E-state index in [4.69, 9.17) is 4.42 Å². The van der Waals surface area contributed by atoms with Crippen LogP contribution in [0.2, 0.25) is 0 Å². The van der Waals surface area contributed by atoms with E-state index in [2.05, 4.69) is 10.3 Å². The maximum atomic E-state index is 11.7. The van der Waals surface area contributed by atoms with Crippen LogP contribution in [0.1, 0.15) is 11.7 Å². The Hall–Kier alpha value is -1.73. The van der Waals surface area contributed by atoms with Crippen LogP contribution in [0.4, 0.5) is 18.0 Å². The number of hydrogen-bond acceptors (Lipinski definition) is 3. The van der Waals surface area contributed by atoms with E-state index in [0.717, 1.165) is 0 Å². The van der Waals surface area contributed by atoms with E-state index < -0.39 is 18.8 Å². The number of carbonyl (C=O) groups excluding carboxylic acids is 1. The lowest BCUT2D eigenvalue weighted by Crippen LogP contribution is -2.40. The van der Waals surface area contributed by atoms with Crippen LogP contribution in [0.25, 0.3) is 0 Å². The van der Waals surface area contributed by atoms with Gasteiger partial charge in [0.25, 0.3) is 0 Å². The van der Waals surface area contributed by atoms with Crippen molar-refractivity contribution >= 4 is 6.03 Å². The van der Waals surface area contributed by atoms with Crippen LogP contribution >= 0.6 is 0 Å². The molecular weight excluding hydrogens is 227 g/mol. The Bertz CT molecular complexity index is 362. The predicted octanol–water partition coefficient (Wildman–Crippen LogP) is 1.34. The van der Waals surface area contributed by atoms with E-state index in [9.17, 15) is 18.0 Å². The molecule has 0 unspecified atom stereocenters. The Labute approximate surface area is 89.0 Å². The average molecular weight is 237 g/mol. The molecule has 2 amide bonds. The minimum Gasteiger partial charge on any atom is -0.444 e. The number of carbonyl (C=O) groups is 1. The van der Waals surface area contributed by atoms with E-state index in [0.29, 0.717) is 5.76 Å². The molecule has 16 heavy (non-hydrogen) atoms. The smallest absolute Gasteiger partial charge is 0.405 e. The maximum Gasteiger partial charge on any atom is 0.405 e.